The van der Waals surface area contributed by atoms with Crippen molar-refractivity contribution in [2.45, 2.75) is 45.3 Å². The van der Waals surface area contributed by atoms with Crippen molar-refractivity contribution in [2.24, 2.45) is 5.92 Å². The lowest BCUT2D eigenvalue weighted by Crippen LogP contribution is -2.66. The Labute approximate surface area is 212 Å². The fraction of sp³-hybridized carbons (Fsp3) is 0.379. The molecule has 3 aliphatic heterocycles. The van der Waals surface area contributed by atoms with Gasteiger partial charge in [0.15, 0.2) is 0 Å². The maximum atomic E-state index is 14.0. The molecule has 7 nitrogen and oxygen atoms in total. The van der Waals surface area contributed by atoms with Gasteiger partial charge in [0.2, 0.25) is 0 Å². The minimum Gasteiger partial charge on any atom is -0.343 e. The molecule has 7 heteroatoms. The van der Waals surface area contributed by atoms with Crippen LogP contribution >= 0.6 is 0 Å². The van der Waals surface area contributed by atoms with Gasteiger partial charge in [0, 0.05) is 25.8 Å². The lowest BCUT2D eigenvalue weighted by atomic mass is 10.0. The maximum absolute atomic E-state index is 14.0. The predicted octanol–water partition coefficient (Wildman–Crippen LogP) is 3.84. The SMILES string of the molecule is CCc1ccc(N2CC(C)CN3C4C(=O)N(Cc5cccc6ccccc56)C(=O)N(C)C4NC23)cc1. The van der Waals surface area contributed by atoms with E-state index >= 15 is 0 Å². The number of hydrogen-bond acceptors (Lipinski definition) is 5. The number of aryl methyl sites for hydroxylation is 1. The first-order valence-corrected chi connectivity index (χ1v) is 12.9. The Morgan fingerprint density at radius 1 is 0.944 bits per heavy atom. The standard InChI is InChI=1S/C29H33N5O2/c1-4-20-12-14-23(15-13-20)32-16-19(2)17-33-25-26(30-28(32)33)31(3)29(36)34(27(25)35)18-22-10-7-9-21-8-5-6-11-24(21)22/h5-15,19,25-26,28,30H,4,16-18H2,1-3H3. The number of fused-ring (bicyclic) bond motifs is 4. The van der Waals surface area contributed by atoms with Crippen LogP contribution < -0.4 is 10.2 Å². The number of carbonyl (C=O) groups is 2. The molecule has 3 aromatic carbocycles. The van der Waals surface area contributed by atoms with Crippen LogP contribution in [-0.2, 0) is 17.8 Å². The van der Waals surface area contributed by atoms with Crippen LogP contribution in [0.2, 0.25) is 0 Å². The van der Waals surface area contributed by atoms with Crippen molar-refractivity contribution in [3.63, 3.8) is 0 Å². The zero-order valence-corrected chi connectivity index (χ0v) is 21.1. The Balaban J connectivity index is 1.32. The molecule has 0 aliphatic carbocycles. The number of likely N-dealkylation sites (N-methyl/N-ethyl adjacent to an activating group) is 1. The molecule has 1 N–H and O–H groups in total. The van der Waals surface area contributed by atoms with Gasteiger partial charge in [-0.05, 0) is 46.4 Å². The molecule has 3 fully saturated rings. The lowest BCUT2D eigenvalue weighted by molar-refractivity contribution is -0.139. The van der Waals surface area contributed by atoms with Gasteiger partial charge in [-0.15, -0.1) is 0 Å². The summed E-state index contributed by atoms with van der Waals surface area (Å²) in [5, 5.41) is 5.80. The van der Waals surface area contributed by atoms with Gasteiger partial charge < -0.3 is 9.80 Å². The summed E-state index contributed by atoms with van der Waals surface area (Å²) in [6, 6.07) is 22.2. The number of benzene rings is 3. The highest BCUT2D eigenvalue weighted by atomic mass is 16.2. The van der Waals surface area contributed by atoms with Crippen molar-refractivity contribution < 1.29 is 9.59 Å². The number of amides is 3. The van der Waals surface area contributed by atoms with Gasteiger partial charge in [0.1, 0.15) is 18.5 Å². The summed E-state index contributed by atoms with van der Waals surface area (Å²) in [4.78, 5) is 35.2. The molecule has 0 aromatic heterocycles. The Morgan fingerprint density at radius 2 is 1.69 bits per heavy atom. The maximum Gasteiger partial charge on any atom is 0.328 e. The highest BCUT2D eigenvalue weighted by Gasteiger charge is 2.56. The highest BCUT2D eigenvalue weighted by Crippen LogP contribution is 2.35. The third kappa shape index (κ3) is 3.65. The average Bonchev–Trinajstić information content (AvgIpc) is 3.29. The third-order valence-corrected chi connectivity index (χ3v) is 7.97. The van der Waals surface area contributed by atoms with Crippen molar-refractivity contribution in [2.75, 3.05) is 25.0 Å². The first kappa shape index (κ1) is 23.0. The number of nitrogens with one attached hydrogen (secondary N) is 1. The number of hydrogen-bond donors (Lipinski definition) is 1. The Kier molecular flexibility index (Phi) is 5.69. The van der Waals surface area contributed by atoms with Crippen molar-refractivity contribution in [3.05, 3.63) is 77.9 Å². The van der Waals surface area contributed by atoms with Crippen LogP contribution in [0.25, 0.3) is 10.8 Å². The van der Waals surface area contributed by atoms with Crippen LogP contribution in [0.3, 0.4) is 0 Å². The van der Waals surface area contributed by atoms with Crippen LogP contribution in [-0.4, -0.2) is 65.3 Å². The largest absolute Gasteiger partial charge is 0.343 e. The first-order chi connectivity index (χ1) is 17.5. The second kappa shape index (κ2) is 8.91. The molecule has 36 heavy (non-hydrogen) atoms. The molecule has 6 rings (SSSR count). The highest BCUT2D eigenvalue weighted by molar-refractivity contribution is 6.01. The van der Waals surface area contributed by atoms with E-state index < -0.39 is 6.04 Å². The van der Waals surface area contributed by atoms with Crippen molar-refractivity contribution in [1.82, 2.24) is 20.0 Å². The van der Waals surface area contributed by atoms with Gasteiger partial charge >= 0.3 is 6.03 Å². The quantitative estimate of drug-likeness (QED) is 0.611. The Hall–Kier alpha value is -3.42. The zero-order chi connectivity index (χ0) is 25.0. The molecular formula is C29H33N5O2. The van der Waals surface area contributed by atoms with E-state index in [1.54, 1.807) is 11.9 Å². The van der Waals surface area contributed by atoms with Gasteiger partial charge in [-0.25, -0.2) is 4.79 Å². The van der Waals surface area contributed by atoms with Crippen LogP contribution in [0.4, 0.5) is 10.5 Å². The minimum atomic E-state index is -0.423. The first-order valence-electron chi connectivity index (χ1n) is 12.9. The van der Waals surface area contributed by atoms with Crippen LogP contribution in [0.15, 0.2) is 66.7 Å². The molecule has 4 unspecified atom stereocenters. The van der Waals surface area contributed by atoms with Gasteiger partial charge in [-0.2, -0.15) is 0 Å². The van der Waals surface area contributed by atoms with E-state index in [4.69, 9.17) is 0 Å². The van der Waals surface area contributed by atoms with E-state index in [1.165, 1.54) is 10.5 Å². The molecular weight excluding hydrogens is 450 g/mol. The van der Waals surface area contributed by atoms with Gasteiger partial charge in [-0.1, -0.05) is 68.4 Å². The normalized spacial score (nSPS) is 26.5. The average molecular weight is 484 g/mol. The van der Waals surface area contributed by atoms with Crippen LogP contribution in [0.1, 0.15) is 25.0 Å². The van der Waals surface area contributed by atoms with E-state index in [0.29, 0.717) is 5.92 Å². The Morgan fingerprint density at radius 3 is 2.47 bits per heavy atom. The van der Waals surface area contributed by atoms with Gasteiger partial charge in [0.25, 0.3) is 5.91 Å². The van der Waals surface area contributed by atoms with Crippen LogP contribution in [0.5, 0.6) is 0 Å². The summed E-state index contributed by atoms with van der Waals surface area (Å²) in [6.07, 6.45) is 0.504. The summed E-state index contributed by atoms with van der Waals surface area (Å²) in [5.41, 5.74) is 3.42. The molecule has 3 saturated heterocycles. The van der Waals surface area contributed by atoms with E-state index in [2.05, 4.69) is 71.4 Å². The second-order valence-electron chi connectivity index (χ2n) is 10.4. The number of carbonyl (C=O) groups excluding carboxylic acids is 2. The lowest BCUT2D eigenvalue weighted by Gasteiger charge is -2.46. The summed E-state index contributed by atoms with van der Waals surface area (Å²) in [5.74, 6) is 0.260. The monoisotopic (exact) mass is 483 g/mol. The van der Waals surface area contributed by atoms with E-state index in [1.807, 2.05) is 24.3 Å². The van der Waals surface area contributed by atoms with E-state index in [0.717, 1.165) is 41.5 Å². The molecule has 3 aromatic rings. The minimum absolute atomic E-state index is 0.124. The number of urea groups is 1. The van der Waals surface area contributed by atoms with Crippen molar-refractivity contribution in [3.8, 4) is 0 Å². The number of nitrogens with zero attached hydrogens (tertiary/aromatic N) is 4. The molecule has 0 radical (unpaired) electrons. The second-order valence-corrected chi connectivity index (χ2v) is 10.4. The molecule has 186 valence electrons. The summed E-state index contributed by atoms with van der Waals surface area (Å²) in [7, 11) is 1.80. The van der Waals surface area contributed by atoms with Gasteiger partial charge in [-0.3, -0.25) is 19.9 Å². The summed E-state index contributed by atoms with van der Waals surface area (Å²) in [6.45, 7) is 6.35. The molecule has 0 bridgehead atoms. The fourth-order valence-electron chi connectivity index (χ4n) is 6.09. The molecule has 3 aliphatic rings. The molecule has 0 spiro atoms. The molecule has 3 heterocycles. The van der Waals surface area contributed by atoms with E-state index in [9.17, 15) is 9.59 Å². The van der Waals surface area contributed by atoms with Crippen molar-refractivity contribution in [1.29, 1.82) is 0 Å². The van der Waals surface area contributed by atoms with Gasteiger partial charge in [0.05, 0.1) is 6.54 Å². The predicted molar refractivity (Wildman–Crippen MR) is 141 cm³/mol. The molecule has 4 atom stereocenters. The molecule has 0 saturated carbocycles. The van der Waals surface area contributed by atoms with E-state index in [-0.39, 0.29) is 30.9 Å². The smallest absolute Gasteiger partial charge is 0.328 e. The third-order valence-electron chi connectivity index (χ3n) is 7.97. The number of rotatable bonds is 4. The summed E-state index contributed by atoms with van der Waals surface area (Å²) < 4.78 is 0. The summed E-state index contributed by atoms with van der Waals surface area (Å²) >= 11 is 0. The zero-order valence-electron chi connectivity index (χ0n) is 21.1. The Bertz CT molecular complexity index is 1300. The fourth-order valence-corrected chi connectivity index (χ4v) is 6.09. The van der Waals surface area contributed by atoms with Crippen molar-refractivity contribution >= 4 is 28.4 Å². The number of imide groups is 1. The number of anilines is 1. The van der Waals surface area contributed by atoms with Crippen LogP contribution in [0, 0.1) is 5.92 Å². The topological polar surface area (TPSA) is 59.1 Å². The molecule has 3 amide bonds.